The highest BCUT2D eigenvalue weighted by Crippen LogP contribution is 2.04. The average molecular weight is 279 g/mol. The van der Waals surface area contributed by atoms with Crippen LogP contribution in [0.1, 0.15) is 10.4 Å². The van der Waals surface area contributed by atoms with Crippen molar-refractivity contribution in [3.05, 3.63) is 66.1 Å². The zero-order valence-electron chi connectivity index (χ0n) is 9.96. The van der Waals surface area contributed by atoms with Crippen LogP contribution in [0.15, 0.2) is 54.7 Å². The van der Waals surface area contributed by atoms with Crippen LogP contribution in [-0.2, 0) is 0 Å². The Bertz CT molecular complexity index is 597. The molecule has 0 aliphatic heterocycles. The fourth-order valence-corrected chi connectivity index (χ4v) is 1.46. The van der Waals surface area contributed by atoms with Crippen molar-refractivity contribution in [3.8, 4) is 0 Å². The lowest BCUT2D eigenvalue weighted by molar-refractivity contribution is -0.552. The summed E-state index contributed by atoms with van der Waals surface area (Å²) in [6.45, 7) is 0. The van der Waals surface area contributed by atoms with Gasteiger partial charge in [-0.15, -0.1) is 0 Å². The summed E-state index contributed by atoms with van der Waals surface area (Å²) in [5.41, 5.74) is 6.15. The normalized spacial score (nSPS) is 10.2. The van der Waals surface area contributed by atoms with Crippen molar-refractivity contribution in [1.29, 1.82) is 0 Å². The lowest BCUT2D eigenvalue weighted by atomic mass is 10.1. The molecule has 0 atom stereocenters. The van der Waals surface area contributed by atoms with Crippen LogP contribution >= 0.6 is 0 Å². The standard InChI is InChI=1S/C14H11FN2O.ClH/c15-12-6-4-11(5-7-12)13(18)8-10-17-9-2-1-3-14(17)16;/h1-10,16H;1H. The van der Waals surface area contributed by atoms with Gasteiger partial charge in [-0.05, 0) is 30.3 Å². The van der Waals surface area contributed by atoms with E-state index >= 15 is 0 Å². The van der Waals surface area contributed by atoms with Crippen molar-refractivity contribution in [1.82, 2.24) is 0 Å². The van der Waals surface area contributed by atoms with Crippen LogP contribution in [0.25, 0.3) is 6.20 Å². The molecule has 5 heteroatoms. The number of ketones is 1. The summed E-state index contributed by atoms with van der Waals surface area (Å²) in [5.74, 6) is -0.0383. The second kappa shape index (κ2) is 6.66. The monoisotopic (exact) mass is 278 g/mol. The van der Waals surface area contributed by atoms with E-state index in [0.29, 0.717) is 11.4 Å². The van der Waals surface area contributed by atoms with Gasteiger partial charge in [-0.2, -0.15) is 0 Å². The third kappa shape index (κ3) is 3.89. The maximum absolute atomic E-state index is 12.7. The number of carbonyl (C=O) groups is 1. The molecule has 0 radical (unpaired) electrons. The third-order valence-electron chi connectivity index (χ3n) is 2.44. The van der Waals surface area contributed by atoms with E-state index in [2.05, 4.69) is 0 Å². The number of pyridine rings is 1. The Morgan fingerprint density at radius 2 is 1.84 bits per heavy atom. The Kier molecular flexibility index (Phi) is 5.21. The zero-order chi connectivity index (χ0) is 13.0. The molecule has 0 unspecified atom stereocenters. The van der Waals surface area contributed by atoms with Crippen LogP contribution in [-0.4, -0.2) is 5.78 Å². The molecule has 1 aromatic heterocycles. The van der Waals surface area contributed by atoms with Gasteiger partial charge < -0.3 is 12.4 Å². The number of allylic oxidation sites excluding steroid dienone is 1. The molecule has 0 bridgehead atoms. The fourth-order valence-electron chi connectivity index (χ4n) is 1.46. The van der Waals surface area contributed by atoms with Crippen molar-refractivity contribution in [2.75, 3.05) is 5.73 Å². The molecule has 0 saturated carbocycles. The van der Waals surface area contributed by atoms with Crippen LogP contribution in [0.5, 0.6) is 0 Å². The first-order valence-corrected chi connectivity index (χ1v) is 5.40. The number of anilines is 1. The highest BCUT2D eigenvalue weighted by atomic mass is 35.5. The second-order valence-electron chi connectivity index (χ2n) is 3.72. The number of halogens is 2. The summed E-state index contributed by atoms with van der Waals surface area (Å²) in [6, 6.07) is 10.7. The van der Waals surface area contributed by atoms with Crippen molar-refractivity contribution >= 4 is 17.8 Å². The molecule has 1 aromatic carbocycles. The van der Waals surface area contributed by atoms with E-state index in [-0.39, 0.29) is 24.0 Å². The van der Waals surface area contributed by atoms with Gasteiger partial charge >= 0.3 is 0 Å². The van der Waals surface area contributed by atoms with Crippen LogP contribution in [0.2, 0.25) is 0 Å². The van der Waals surface area contributed by atoms with Crippen LogP contribution in [0, 0.1) is 5.82 Å². The number of rotatable bonds is 3. The van der Waals surface area contributed by atoms with E-state index in [1.54, 1.807) is 23.0 Å². The van der Waals surface area contributed by atoms with Gasteiger partial charge in [0.25, 0.3) is 5.82 Å². The first kappa shape index (κ1) is 14.9. The Balaban J connectivity index is 0.00000180. The van der Waals surface area contributed by atoms with Gasteiger partial charge in [0.1, 0.15) is 5.82 Å². The van der Waals surface area contributed by atoms with Crippen LogP contribution in [0.3, 0.4) is 0 Å². The lowest BCUT2D eigenvalue weighted by Gasteiger charge is -1.96. The topological polar surface area (TPSA) is 47.0 Å². The predicted octanol–water partition coefficient (Wildman–Crippen LogP) is -0.947. The fraction of sp³-hybridized carbons (Fsp3) is 0. The Hall–Kier alpha value is -2.20. The minimum absolute atomic E-state index is 0. The van der Waals surface area contributed by atoms with E-state index in [4.69, 9.17) is 5.73 Å². The second-order valence-corrected chi connectivity index (χ2v) is 3.72. The number of nitrogens with two attached hydrogens (primary N) is 1. The summed E-state index contributed by atoms with van der Waals surface area (Å²) in [4.78, 5) is 11.8. The van der Waals surface area contributed by atoms with Crippen molar-refractivity contribution in [2.45, 2.75) is 0 Å². The average Bonchev–Trinajstić information content (AvgIpc) is 2.38. The number of benzene rings is 1. The minimum Gasteiger partial charge on any atom is -1.00 e. The molecule has 19 heavy (non-hydrogen) atoms. The molecule has 2 rings (SSSR count). The van der Waals surface area contributed by atoms with Crippen molar-refractivity contribution < 1.29 is 26.2 Å². The smallest absolute Gasteiger partial charge is 0.276 e. The van der Waals surface area contributed by atoms with Crippen LogP contribution in [0.4, 0.5) is 10.2 Å². The Morgan fingerprint density at radius 3 is 2.47 bits per heavy atom. The molecule has 0 saturated heterocycles. The number of hydrogen-bond acceptors (Lipinski definition) is 2. The largest absolute Gasteiger partial charge is 1.00 e. The van der Waals surface area contributed by atoms with E-state index in [1.165, 1.54) is 30.3 Å². The molecule has 0 amide bonds. The number of nitrogen functional groups attached to an aromatic ring is 1. The molecule has 1 heterocycles. The van der Waals surface area contributed by atoms with Gasteiger partial charge in [0.05, 0.1) is 12.4 Å². The van der Waals surface area contributed by atoms with Gasteiger partial charge in [0.15, 0.2) is 5.78 Å². The lowest BCUT2D eigenvalue weighted by Crippen LogP contribution is -3.00. The first-order chi connectivity index (χ1) is 8.66. The predicted molar refractivity (Wildman–Crippen MR) is 67.1 cm³/mol. The minimum atomic E-state index is -0.364. The molecule has 0 aliphatic carbocycles. The van der Waals surface area contributed by atoms with Gasteiger partial charge in [0, 0.05) is 17.7 Å². The van der Waals surface area contributed by atoms with Gasteiger partial charge in [-0.3, -0.25) is 10.5 Å². The number of hydrogen-bond donors (Lipinski definition) is 1. The molecule has 2 N–H and O–H groups in total. The van der Waals surface area contributed by atoms with E-state index in [1.807, 2.05) is 12.1 Å². The van der Waals surface area contributed by atoms with E-state index in [0.717, 1.165) is 0 Å². The maximum Gasteiger partial charge on any atom is 0.276 e. The number of carbonyl (C=O) groups excluding carboxylic acids is 1. The maximum atomic E-state index is 12.7. The molecule has 2 aromatic rings. The number of nitrogens with zero attached hydrogens (tertiary/aromatic N) is 1. The third-order valence-corrected chi connectivity index (χ3v) is 2.44. The van der Waals surface area contributed by atoms with Gasteiger partial charge in [0.2, 0.25) is 0 Å². The summed E-state index contributed by atoms with van der Waals surface area (Å²) >= 11 is 0. The quantitative estimate of drug-likeness (QED) is 0.447. The molecular weight excluding hydrogens is 267 g/mol. The molecule has 0 spiro atoms. The molecule has 0 aliphatic rings. The molecule has 0 fully saturated rings. The van der Waals surface area contributed by atoms with Gasteiger partial charge in [-0.1, -0.05) is 6.07 Å². The zero-order valence-corrected chi connectivity index (χ0v) is 10.7. The highest BCUT2D eigenvalue weighted by molar-refractivity contribution is 6.05. The van der Waals surface area contributed by atoms with Crippen molar-refractivity contribution in [2.24, 2.45) is 0 Å². The number of aromatic nitrogens is 1. The summed E-state index contributed by atoms with van der Waals surface area (Å²) < 4.78 is 14.3. The Morgan fingerprint density at radius 1 is 1.16 bits per heavy atom. The van der Waals surface area contributed by atoms with Gasteiger partial charge in [-0.25, -0.2) is 8.96 Å². The SMILES string of the molecule is Nc1cccc[n+]1C=CC(=O)c1ccc(F)cc1.[Cl-]. The van der Waals surface area contributed by atoms with E-state index in [9.17, 15) is 9.18 Å². The van der Waals surface area contributed by atoms with E-state index < -0.39 is 0 Å². The molecule has 98 valence electrons. The van der Waals surface area contributed by atoms with Crippen LogP contribution < -0.4 is 22.7 Å². The molecule has 3 nitrogen and oxygen atoms in total. The summed E-state index contributed by atoms with van der Waals surface area (Å²) in [5, 5.41) is 0. The summed E-state index contributed by atoms with van der Waals surface area (Å²) in [6.07, 6.45) is 4.70. The Labute approximate surface area is 116 Å². The highest BCUT2D eigenvalue weighted by Gasteiger charge is 2.03. The molecular formula is C14H12ClFN2O. The van der Waals surface area contributed by atoms with Crippen molar-refractivity contribution in [3.63, 3.8) is 0 Å². The summed E-state index contributed by atoms with van der Waals surface area (Å²) in [7, 11) is 0. The first-order valence-electron chi connectivity index (χ1n) is 5.40.